The lowest BCUT2D eigenvalue weighted by atomic mass is 9.91. The molecule has 0 atom stereocenters. The summed E-state index contributed by atoms with van der Waals surface area (Å²) in [6.45, 7) is 0.131. The van der Waals surface area contributed by atoms with Crippen molar-refractivity contribution in [2.45, 2.75) is 44.4 Å². The molecular weight excluding hydrogens is 465 g/mol. The predicted molar refractivity (Wildman–Crippen MR) is 134 cm³/mol. The van der Waals surface area contributed by atoms with E-state index in [1.807, 2.05) is 24.3 Å². The molecule has 1 aliphatic heterocycles. The van der Waals surface area contributed by atoms with E-state index in [1.165, 1.54) is 18.1 Å². The highest BCUT2D eigenvalue weighted by Gasteiger charge is 2.39. The molecule has 1 saturated carbocycles. The maximum atomic E-state index is 15.0. The largest absolute Gasteiger partial charge is 0.497 e. The number of ether oxygens (including phenoxy) is 2. The van der Waals surface area contributed by atoms with E-state index >= 15 is 0 Å². The van der Waals surface area contributed by atoms with Crippen molar-refractivity contribution in [3.05, 3.63) is 60.0 Å². The van der Waals surface area contributed by atoms with Gasteiger partial charge in [0, 0.05) is 29.6 Å². The highest BCUT2D eigenvalue weighted by molar-refractivity contribution is 6.06. The average Bonchev–Trinajstić information content (AvgIpc) is 2.90. The summed E-state index contributed by atoms with van der Waals surface area (Å²) in [5.74, 6) is 1.39. The number of aliphatic hydroxyl groups excluding tert-OH is 1. The molecule has 36 heavy (non-hydrogen) atoms. The van der Waals surface area contributed by atoms with Crippen molar-refractivity contribution in [2.24, 2.45) is 0 Å². The van der Waals surface area contributed by atoms with Crippen molar-refractivity contribution >= 4 is 29.2 Å². The molecule has 2 heterocycles. The van der Waals surface area contributed by atoms with Crippen LogP contribution in [-0.4, -0.2) is 47.5 Å². The van der Waals surface area contributed by atoms with Crippen LogP contribution in [0.2, 0.25) is 0 Å². The summed E-state index contributed by atoms with van der Waals surface area (Å²) in [5, 5.41) is 13.2. The first-order chi connectivity index (χ1) is 17.5. The van der Waals surface area contributed by atoms with Crippen LogP contribution in [0, 0.1) is 5.82 Å². The molecule has 0 saturated heterocycles. The molecule has 10 heteroatoms. The predicted octanol–water partition coefficient (Wildman–Crippen LogP) is 4.63. The summed E-state index contributed by atoms with van der Waals surface area (Å²) in [4.78, 5) is 26.0. The van der Waals surface area contributed by atoms with Crippen LogP contribution in [0.4, 0.5) is 32.3 Å². The number of urea groups is 1. The summed E-state index contributed by atoms with van der Waals surface area (Å²) in [6, 6.07) is 11.2. The number of aliphatic hydroxyl groups is 1. The van der Waals surface area contributed by atoms with Gasteiger partial charge in [-0.3, -0.25) is 9.80 Å². The number of carbonyl (C=O) groups is 1. The van der Waals surface area contributed by atoms with Gasteiger partial charge in [0.1, 0.15) is 17.3 Å². The van der Waals surface area contributed by atoms with Crippen molar-refractivity contribution in [1.29, 1.82) is 0 Å². The molecule has 0 radical (unpaired) electrons. The van der Waals surface area contributed by atoms with Gasteiger partial charge in [-0.05, 0) is 62.1 Å². The minimum Gasteiger partial charge on any atom is -0.497 e. The zero-order chi connectivity index (χ0) is 25.2. The van der Waals surface area contributed by atoms with E-state index in [4.69, 9.17) is 14.5 Å². The van der Waals surface area contributed by atoms with E-state index < -0.39 is 5.82 Å². The third kappa shape index (κ3) is 4.64. The Hall–Kier alpha value is -3.92. The number of nitrogens with zero attached hydrogens (tertiary/aromatic N) is 4. The molecule has 1 fully saturated rings. The third-order valence-electron chi connectivity index (χ3n) is 6.66. The van der Waals surface area contributed by atoms with Crippen LogP contribution in [0.15, 0.2) is 48.7 Å². The number of aromatic nitrogens is 2. The van der Waals surface area contributed by atoms with Crippen LogP contribution in [0.25, 0.3) is 0 Å². The van der Waals surface area contributed by atoms with Gasteiger partial charge < -0.3 is 19.9 Å². The van der Waals surface area contributed by atoms with E-state index in [0.29, 0.717) is 48.8 Å². The van der Waals surface area contributed by atoms with Crippen LogP contribution in [0.3, 0.4) is 0 Å². The number of fused-ring (bicyclic) bond motifs is 1. The van der Waals surface area contributed by atoms with Crippen LogP contribution >= 0.6 is 0 Å². The minimum atomic E-state index is -0.552. The molecule has 1 aliphatic carbocycles. The summed E-state index contributed by atoms with van der Waals surface area (Å²) in [6.07, 6.45) is 3.70. The lowest BCUT2D eigenvalue weighted by molar-refractivity contribution is 0.122. The molecular formula is C26H28FN5O4. The lowest BCUT2D eigenvalue weighted by Gasteiger charge is -2.42. The summed E-state index contributed by atoms with van der Waals surface area (Å²) in [7, 11) is 3.07. The van der Waals surface area contributed by atoms with Gasteiger partial charge in [-0.1, -0.05) is 0 Å². The Morgan fingerprint density at radius 3 is 2.39 bits per heavy atom. The Morgan fingerprint density at radius 1 is 1.03 bits per heavy atom. The number of rotatable bonds is 6. The van der Waals surface area contributed by atoms with Crippen LogP contribution < -0.4 is 24.6 Å². The van der Waals surface area contributed by atoms with E-state index in [1.54, 1.807) is 30.3 Å². The van der Waals surface area contributed by atoms with Gasteiger partial charge in [0.05, 0.1) is 32.6 Å². The van der Waals surface area contributed by atoms with Gasteiger partial charge in [-0.25, -0.2) is 14.2 Å². The van der Waals surface area contributed by atoms with Gasteiger partial charge >= 0.3 is 6.03 Å². The van der Waals surface area contributed by atoms with Gasteiger partial charge in [0.25, 0.3) is 0 Å². The normalized spacial score (nSPS) is 19.6. The molecule has 188 valence electrons. The number of hydrogen-bond donors (Lipinski definition) is 2. The monoisotopic (exact) mass is 493 g/mol. The van der Waals surface area contributed by atoms with Crippen molar-refractivity contribution in [3.63, 3.8) is 0 Å². The SMILES string of the molecule is COc1ccc(Nc2ncc3c(n2)N([C@H]2CC[C@H](O)CC2)C(=O)N(c2ccc(OC)cc2F)C3)cc1. The summed E-state index contributed by atoms with van der Waals surface area (Å²) in [5.41, 5.74) is 1.64. The number of methoxy groups -OCH3 is 2. The second-order valence-electron chi connectivity index (χ2n) is 8.91. The standard InChI is InChI=1S/C26H28FN5O4/c1-35-20-9-3-17(4-10-20)29-25-28-14-16-15-31(23-12-11-21(36-2)13-22(23)27)26(34)32(24(16)30-25)18-5-7-19(33)8-6-18/h3-4,9-14,18-19,33H,5-8,15H2,1-2H3,(H,28,29,30)/t18-,19-. The Balaban J connectivity index is 1.50. The Kier molecular flexibility index (Phi) is 6.60. The zero-order valence-electron chi connectivity index (χ0n) is 20.1. The quantitative estimate of drug-likeness (QED) is 0.517. The number of benzene rings is 2. The van der Waals surface area contributed by atoms with Gasteiger partial charge in [-0.2, -0.15) is 4.98 Å². The fourth-order valence-corrected chi connectivity index (χ4v) is 4.71. The van der Waals surface area contributed by atoms with E-state index in [-0.39, 0.29) is 30.4 Å². The first-order valence-electron chi connectivity index (χ1n) is 11.9. The maximum absolute atomic E-state index is 15.0. The number of carbonyl (C=O) groups excluding carboxylic acids is 1. The fraction of sp³-hybridized carbons (Fsp3) is 0.346. The molecule has 9 nitrogen and oxygen atoms in total. The summed E-state index contributed by atoms with van der Waals surface area (Å²) >= 11 is 0. The van der Waals surface area contributed by atoms with E-state index in [2.05, 4.69) is 10.3 Å². The molecule has 2 N–H and O–H groups in total. The molecule has 3 aromatic rings. The number of anilines is 4. The van der Waals surface area contributed by atoms with Crippen molar-refractivity contribution < 1.29 is 23.8 Å². The maximum Gasteiger partial charge on any atom is 0.330 e. The second-order valence-corrected chi connectivity index (χ2v) is 8.91. The minimum absolute atomic E-state index is 0.131. The lowest BCUT2D eigenvalue weighted by Crippen LogP contribution is -2.53. The number of amides is 2. The van der Waals surface area contributed by atoms with E-state index in [0.717, 1.165) is 11.4 Å². The van der Waals surface area contributed by atoms with E-state index in [9.17, 15) is 14.3 Å². The zero-order valence-corrected chi connectivity index (χ0v) is 20.1. The Morgan fingerprint density at radius 2 is 1.72 bits per heavy atom. The van der Waals surface area contributed by atoms with Gasteiger partial charge in [0.2, 0.25) is 5.95 Å². The van der Waals surface area contributed by atoms with Crippen molar-refractivity contribution in [2.75, 3.05) is 29.3 Å². The molecule has 2 amide bonds. The first kappa shape index (κ1) is 23.8. The Labute approximate surface area is 208 Å². The smallest absolute Gasteiger partial charge is 0.330 e. The number of nitrogens with one attached hydrogen (secondary N) is 1. The molecule has 5 rings (SSSR count). The molecule has 0 spiro atoms. The molecule has 2 aromatic carbocycles. The fourth-order valence-electron chi connectivity index (χ4n) is 4.71. The highest BCUT2D eigenvalue weighted by atomic mass is 19.1. The van der Waals surface area contributed by atoms with Crippen molar-refractivity contribution in [1.82, 2.24) is 9.97 Å². The number of halogens is 1. The van der Waals surface area contributed by atoms with Crippen LogP contribution in [-0.2, 0) is 6.54 Å². The molecule has 0 bridgehead atoms. The van der Waals surface area contributed by atoms with Gasteiger partial charge in [-0.15, -0.1) is 0 Å². The van der Waals surface area contributed by atoms with Crippen LogP contribution in [0.5, 0.6) is 11.5 Å². The summed E-state index contributed by atoms with van der Waals surface area (Å²) < 4.78 is 25.3. The molecule has 2 aliphatic rings. The first-order valence-corrected chi connectivity index (χ1v) is 11.9. The molecule has 1 aromatic heterocycles. The average molecular weight is 494 g/mol. The topological polar surface area (TPSA) is 100 Å². The molecule has 0 unspecified atom stereocenters. The van der Waals surface area contributed by atoms with Gasteiger partial charge in [0.15, 0.2) is 5.82 Å². The highest BCUT2D eigenvalue weighted by Crippen LogP contribution is 2.37. The Bertz CT molecular complexity index is 1250. The van der Waals surface area contributed by atoms with Crippen LogP contribution in [0.1, 0.15) is 31.2 Å². The van der Waals surface area contributed by atoms with Crippen molar-refractivity contribution in [3.8, 4) is 11.5 Å². The number of hydrogen-bond acceptors (Lipinski definition) is 7. The second kappa shape index (κ2) is 9.98. The third-order valence-corrected chi connectivity index (χ3v) is 6.66.